The Labute approximate surface area is 113 Å². The zero-order valence-electron chi connectivity index (χ0n) is 10.2. The summed E-state index contributed by atoms with van der Waals surface area (Å²) in [5.41, 5.74) is 3.04. The van der Waals surface area contributed by atoms with Crippen molar-refractivity contribution in [3.05, 3.63) is 38.2 Å². The Bertz CT molecular complexity index is 560. The maximum atomic E-state index is 12.2. The van der Waals surface area contributed by atoms with E-state index >= 15 is 0 Å². The van der Waals surface area contributed by atoms with Crippen molar-refractivity contribution >= 4 is 34.0 Å². The molecule has 0 saturated heterocycles. The molecular weight excluding hydrogens is 298 g/mol. The fraction of sp³-hybridized carbons (Fsp3) is 0.308. The lowest BCUT2D eigenvalue weighted by Gasteiger charge is -2.08. The van der Waals surface area contributed by atoms with E-state index in [1.54, 1.807) is 6.08 Å². The SMILES string of the molecule is CCONc1oc2c(c(=O)c1Br)C=CC(C)C=C2. The highest BCUT2D eigenvalue weighted by Crippen LogP contribution is 2.26. The fourth-order valence-electron chi connectivity index (χ4n) is 1.58. The van der Waals surface area contributed by atoms with E-state index in [1.807, 2.05) is 32.1 Å². The number of rotatable bonds is 3. The van der Waals surface area contributed by atoms with Gasteiger partial charge in [-0.25, -0.2) is 5.48 Å². The molecular formula is C13H14BrNO3. The maximum absolute atomic E-state index is 12.2. The van der Waals surface area contributed by atoms with Gasteiger partial charge in [0, 0.05) is 0 Å². The number of anilines is 1. The summed E-state index contributed by atoms with van der Waals surface area (Å²) in [4.78, 5) is 17.2. The van der Waals surface area contributed by atoms with Crippen molar-refractivity contribution in [1.82, 2.24) is 0 Å². The molecule has 0 saturated carbocycles. The number of hydrogen-bond acceptors (Lipinski definition) is 4. The first-order chi connectivity index (χ1) is 8.63. The van der Waals surface area contributed by atoms with E-state index < -0.39 is 0 Å². The molecule has 96 valence electrons. The van der Waals surface area contributed by atoms with E-state index in [4.69, 9.17) is 9.25 Å². The van der Waals surface area contributed by atoms with E-state index in [2.05, 4.69) is 21.4 Å². The highest BCUT2D eigenvalue weighted by atomic mass is 79.9. The molecule has 5 heteroatoms. The summed E-state index contributed by atoms with van der Waals surface area (Å²) in [6.45, 7) is 4.35. The summed E-state index contributed by atoms with van der Waals surface area (Å²) in [5, 5.41) is 0. The number of fused-ring (bicyclic) bond motifs is 1. The Balaban J connectivity index is 2.52. The Kier molecular flexibility index (Phi) is 4.04. The van der Waals surface area contributed by atoms with Crippen molar-refractivity contribution in [2.24, 2.45) is 5.92 Å². The first-order valence-corrected chi connectivity index (χ1v) is 6.53. The topological polar surface area (TPSA) is 51.5 Å². The smallest absolute Gasteiger partial charge is 0.235 e. The molecule has 0 spiro atoms. The zero-order chi connectivity index (χ0) is 13.1. The van der Waals surface area contributed by atoms with E-state index in [-0.39, 0.29) is 17.2 Å². The van der Waals surface area contributed by atoms with Crippen LogP contribution in [0.3, 0.4) is 0 Å². The van der Waals surface area contributed by atoms with Crippen molar-refractivity contribution in [2.75, 3.05) is 12.1 Å². The lowest BCUT2D eigenvalue weighted by Crippen LogP contribution is -2.12. The van der Waals surface area contributed by atoms with Crippen LogP contribution in [0.4, 0.5) is 5.88 Å². The van der Waals surface area contributed by atoms with E-state index in [1.165, 1.54) is 0 Å². The Morgan fingerprint density at radius 1 is 1.44 bits per heavy atom. The predicted octanol–water partition coefficient (Wildman–Crippen LogP) is 3.44. The highest BCUT2D eigenvalue weighted by Gasteiger charge is 2.16. The van der Waals surface area contributed by atoms with Gasteiger partial charge in [-0.05, 0) is 34.8 Å². The fourth-order valence-corrected chi connectivity index (χ4v) is 1.95. The normalized spacial score (nSPS) is 17.4. The van der Waals surface area contributed by atoms with Crippen molar-refractivity contribution in [3.8, 4) is 0 Å². The summed E-state index contributed by atoms with van der Waals surface area (Å²) in [7, 11) is 0. The monoisotopic (exact) mass is 311 g/mol. The van der Waals surface area contributed by atoms with Gasteiger partial charge in [-0.2, -0.15) is 0 Å². The maximum Gasteiger partial charge on any atom is 0.235 e. The number of nitrogens with one attached hydrogen (secondary N) is 1. The molecule has 1 atom stereocenters. The van der Waals surface area contributed by atoms with Gasteiger partial charge in [0.25, 0.3) is 0 Å². The third kappa shape index (κ3) is 2.57. The molecule has 18 heavy (non-hydrogen) atoms. The molecule has 2 rings (SSSR count). The Morgan fingerprint density at radius 3 is 2.89 bits per heavy atom. The predicted molar refractivity (Wildman–Crippen MR) is 75.2 cm³/mol. The summed E-state index contributed by atoms with van der Waals surface area (Å²) in [6.07, 6.45) is 7.54. The molecule has 1 aromatic heterocycles. The summed E-state index contributed by atoms with van der Waals surface area (Å²) >= 11 is 3.22. The molecule has 0 radical (unpaired) electrons. The van der Waals surface area contributed by atoms with Crippen LogP contribution >= 0.6 is 15.9 Å². The number of halogens is 1. The van der Waals surface area contributed by atoms with Crippen molar-refractivity contribution in [3.63, 3.8) is 0 Å². The second-order valence-corrected chi connectivity index (χ2v) is 4.76. The average molecular weight is 312 g/mol. The average Bonchev–Trinajstić information content (AvgIpc) is 2.55. The molecule has 0 aromatic carbocycles. The second kappa shape index (κ2) is 5.54. The Hall–Kier alpha value is -1.33. The molecule has 0 bridgehead atoms. The van der Waals surface area contributed by atoms with Crippen molar-refractivity contribution < 1.29 is 9.25 Å². The molecule has 1 N–H and O–H groups in total. The van der Waals surface area contributed by atoms with Crippen LogP contribution in [0.2, 0.25) is 0 Å². The third-order valence-corrected chi connectivity index (χ3v) is 3.27. The molecule has 0 amide bonds. The van der Waals surface area contributed by atoms with Crippen LogP contribution in [-0.2, 0) is 4.84 Å². The second-order valence-electron chi connectivity index (χ2n) is 3.96. The van der Waals surface area contributed by atoms with Gasteiger partial charge < -0.3 is 4.42 Å². The van der Waals surface area contributed by atoms with E-state index in [0.29, 0.717) is 22.4 Å². The lowest BCUT2D eigenvalue weighted by atomic mass is 10.1. The first-order valence-electron chi connectivity index (χ1n) is 5.74. The molecule has 1 aliphatic rings. The van der Waals surface area contributed by atoms with Gasteiger partial charge in [0.05, 0.1) is 12.2 Å². The van der Waals surface area contributed by atoms with Crippen LogP contribution in [0, 0.1) is 5.92 Å². The highest BCUT2D eigenvalue weighted by molar-refractivity contribution is 9.10. The summed E-state index contributed by atoms with van der Waals surface area (Å²) < 4.78 is 5.96. The molecule has 4 nitrogen and oxygen atoms in total. The minimum Gasteiger partial charge on any atom is -0.437 e. The minimum absolute atomic E-state index is 0.117. The van der Waals surface area contributed by atoms with Crippen molar-refractivity contribution in [2.45, 2.75) is 13.8 Å². The minimum atomic E-state index is -0.117. The van der Waals surface area contributed by atoms with Gasteiger partial charge in [-0.3, -0.25) is 9.63 Å². The first kappa shape index (κ1) is 13.1. The van der Waals surface area contributed by atoms with Gasteiger partial charge in [0.1, 0.15) is 10.2 Å². The summed E-state index contributed by atoms with van der Waals surface area (Å²) in [5.74, 6) is 1.09. The molecule has 1 heterocycles. The molecule has 0 aliphatic heterocycles. The van der Waals surface area contributed by atoms with Gasteiger partial charge in [-0.1, -0.05) is 25.2 Å². The number of allylic oxidation sites excluding steroid dienone is 2. The van der Waals surface area contributed by atoms with Crippen LogP contribution < -0.4 is 10.9 Å². The molecule has 1 aromatic rings. The number of hydrogen-bond donors (Lipinski definition) is 1. The van der Waals surface area contributed by atoms with Crippen LogP contribution in [0.25, 0.3) is 12.2 Å². The summed E-state index contributed by atoms with van der Waals surface area (Å²) in [6, 6.07) is 0. The van der Waals surface area contributed by atoms with Crippen LogP contribution in [-0.4, -0.2) is 6.61 Å². The van der Waals surface area contributed by atoms with Gasteiger partial charge in [-0.15, -0.1) is 0 Å². The van der Waals surface area contributed by atoms with Crippen LogP contribution in [0.5, 0.6) is 0 Å². The quantitative estimate of drug-likeness (QED) is 0.869. The Morgan fingerprint density at radius 2 is 2.17 bits per heavy atom. The van der Waals surface area contributed by atoms with Gasteiger partial charge >= 0.3 is 0 Å². The zero-order valence-corrected chi connectivity index (χ0v) is 11.8. The van der Waals surface area contributed by atoms with Crippen LogP contribution in [0.1, 0.15) is 25.2 Å². The van der Waals surface area contributed by atoms with E-state index in [9.17, 15) is 4.79 Å². The molecule has 0 fully saturated rings. The van der Waals surface area contributed by atoms with Gasteiger partial charge in [0.15, 0.2) is 0 Å². The lowest BCUT2D eigenvalue weighted by molar-refractivity contribution is 0.199. The molecule has 1 aliphatic carbocycles. The van der Waals surface area contributed by atoms with Gasteiger partial charge in [0.2, 0.25) is 11.3 Å². The standard InChI is InChI=1S/C13H14BrNO3/c1-3-17-15-13-11(14)12(16)9-6-4-8(2)5-7-10(9)18-13/h4-8,15H,3H2,1-2H3. The third-order valence-electron chi connectivity index (χ3n) is 2.55. The van der Waals surface area contributed by atoms with Crippen molar-refractivity contribution in [1.29, 1.82) is 0 Å². The molecule has 1 unspecified atom stereocenters. The van der Waals surface area contributed by atoms with E-state index in [0.717, 1.165) is 0 Å². The largest absolute Gasteiger partial charge is 0.437 e. The van der Waals surface area contributed by atoms with Crippen LogP contribution in [0.15, 0.2) is 25.8 Å².